The molecule has 0 aromatic heterocycles. The number of esters is 1. The molecule has 0 saturated carbocycles. The van der Waals surface area contributed by atoms with E-state index in [0.29, 0.717) is 36.0 Å². The van der Waals surface area contributed by atoms with Crippen molar-refractivity contribution in [1.82, 2.24) is 0 Å². The first-order valence-electron chi connectivity index (χ1n) is 8.87. The van der Waals surface area contributed by atoms with E-state index in [1.165, 1.54) is 0 Å². The number of hydrogen-bond donors (Lipinski definition) is 1. The molecule has 0 aliphatic heterocycles. The molecule has 0 radical (unpaired) electrons. The summed E-state index contributed by atoms with van der Waals surface area (Å²) in [4.78, 5) is 24.2. The lowest BCUT2D eigenvalue weighted by atomic mass is 10.1. The minimum Gasteiger partial charge on any atom is -0.490 e. The lowest BCUT2D eigenvalue weighted by molar-refractivity contribution is -0.119. The summed E-state index contributed by atoms with van der Waals surface area (Å²) >= 11 is 0. The van der Waals surface area contributed by atoms with Crippen molar-refractivity contribution in [3.05, 3.63) is 53.1 Å². The van der Waals surface area contributed by atoms with Crippen LogP contribution >= 0.6 is 0 Å². The van der Waals surface area contributed by atoms with Crippen LogP contribution < -0.4 is 14.8 Å². The summed E-state index contributed by atoms with van der Waals surface area (Å²) in [6.45, 7) is 8.17. The van der Waals surface area contributed by atoms with Crippen LogP contribution in [0.5, 0.6) is 11.5 Å². The van der Waals surface area contributed by atoms with Gasteiger partial charge in [0.25, 0.3) is 5.91 Å². The third-order valence-corrected chi connectivity index (χ3v) is 3.62. The Morgan fingerprint density at radius 2 is 1.52 bits per heavy atom. The van der Waals surface area contributed by atoms with E-state index in [-0.39, 0.29) is 6.61 Å². The summed E-state index contributed by atoms with van der Waals surface area (Å²) in [5.41, 5.74) is 2.89. The molecular formula is C21H25NO5. The van der Waals surface area contributed by atoms with Crippen LogP contribution in [-0.4, -0.2) is 31.7 Å². The van der Waals surface area contributed by atoms with Crippen LogP contribution in [0.4, 0.5) is 5.69 Å². The second-order valence-corrected chi connectivity index (χ2v) is 6.03. The van der Waals surface area contributed by atoms with Crippen molar-refractivity contribution < 1.29 is 23.8 Å². The van der Waals surface area contributed by atoms with Crippen LogP contribution in [0.2, 0.25) is 0 Å². The fourth-order valence-electron chi connectivity index (χ4n) is 2.63. The van der Waals surface area contributed by atoms with E-state index in [1.807, 2.05) is 33.8 Å². The van der Waals surface area contributed by atoms with E-state index in [1.54, 1.807) is 30.3 Å². The molecule has 144 valence electrons. The smallest absolute Gasteiger partial charge is 0.338 e. The molecule has 6 nitrogen and oxygen atoms in total. The topological polar surface area (TPSA) is 73.9 Å². The summed E-state index contributed by atoms with van der Waals surface area (Å²) in [6, 6.07) is 10.5. The molecule has 0 aliphatic rings. The molecule has 0 saturated heterocycles. The van der Waals surface area contributed by atoms with E-state index >= 15 is 0 Å². The van der Waals surface area contributed by atoms with Crippen molar-refractivity contribution in [2.45, 2.75) is 27.7 Å². The fourth-order valence-corrected chi connectivity index (χ4v) is 2.63. The van der Waals surface area contributed by atoms with E-state index in [9.17, 15) is 9.59 Å². The summed E-state index contributed by atoms with van der Waals surface area (Å²) in [5.74, 6) is 0.195. The second kappa shape index (κ2) is 9.62. The Bertz CT molecular complexity index is 796. The van der Waals surface area contributed by atoms with E-state index in [2.05, 4.69) is 5.32 Å². The molecule has 0 atom stereocenters. The number of benzene rings is 2. The molecule has 0 heterocycles. The number of rotatable bonds is 8. The average molecular weight is 371 g/mol. The summed E-state index contributed by atoms with van der Waals surface area (Å²) in [6.07, 6.45) is 0. The largest absolute Gasteiger partial charge is 0.490 e. The number of nitrogens with one attached hydrogen (secondary N) is 1. The maximum Gasteiger partial charge on any atom is 0.338 e. The fraction of sp³-hybridized carbons (Fsp3) is 0.333. The zero-order chi connectivity index (χ0) is 19.8. The zero-order valence-corrected chi connectivity index (χ0v) is 16.1. The van der Waals surface area contributed by atoms with Crippen LogP contribution in [0.25, 0.3) is 0 Å². The van der Waals surface area contributed by atoms with Gasteiger partial charge in [0.15, 0.2) is 18.1 Å². The summed E-state index contributed by atoms with van der Waals surface area (Å²) in [7, 11) is 0. The number of carbonyl (C=O) groups is 2. The Labute approximate surface area is 159 Å². The minimum atomic E-state index is -0.529. The first-order chi connectivity index (χ1) is 12.9. The lowest BCUT2D eigenvalue weighted by Gasteiger charge is -2.13. The van der Waals surface area contributed by atoms with Gasteiger partial charge in [-0.3, -0.25) is 4.79 Å². The average Bonchev–Trinajstić information content (AvgIpc) is 2.61. The first-order valence-corrected chi connectivity index (χ1v) is 8.87. The standard InChI is InChI=1S/C21H25NO5/c1-5-25-18-8-7-17(12-19(18)26-6-2)22-20(23)13-27-21(24)16-10-14(3)9-15(4)11-16/h7-12H,5-6,13H2,1-4H3,(H,22,23). The van der Waals surface area contributed by atoms with Crippen LogP contribution in [-0.2, 0) is 9.53 Å². The Balaban J connectivity index is 1.96. The molecule has 2 rings (SSSR count). The van der Waals surface area contributed by atoms with Gasteiger partial charge < -0.3 is 19.5 Å². The van der Waals surface area contributed by atoms with Crippen LogP contribution in [0.1, 0.15) is 35.3 Å². The van der Waals surface area contributed by atoms with Gasteiger partial charge in [-0.1, -0.05) is 17.2 Å². The molecule has 0 aliphatic carbocycles. The van der Waals surface area contributed by atoms with Crippen molar-refractivity contribution in [3.8, 4) is 11.5 Å². The highest BCUT2D eigenvalue weighted by atomic mass is 16.5. The highest BCUT2D eigenvalue weighted by Gasteiger charge is 2.13. The molecule has 1 amide bonds. The molecule has 27 heavy (non-hydrogen) atoms. The van der Waals surface area contributed by atoms with Crippen molar-refractivity contribution in [1.29, 1.82) is 0 Å². The Morgan fingerprint density at radius 1 is 0.889 bits per heavy atom. The SMILES string of the molecule is CCOc1ccc(NC(=O)COC(=O)c2cc(C)cc(C)c2)cc1OCC. The number of hydrogen-bond acceptors (Lipinski definition) is 5. The van der Waals surface area contributed by atoms with Gasteiger partial charge in [0.05, 0.1) is 18.8 Å². The van der Waals surface area contributed by atoms with Gasteiger partial charge in [-0.25, -0.2) is 4.79 Å². The highest BCUT2D eigenvalue weighted by molar-refractivity contribution is 5.95. The Hall–Kier alpha value is -3.02. The van der Waals surface area contributed by atoms with E-state index in [4.69, 9.17) is 14.2 Å². The minimum absolute atomic E-state index is 0.372. The first kappa shape index (κ1) is 20.3. The van der Waals surface area contributed by atoms with Crippen LogP contribution in [0.15, 0.2) is 36.4 Å². The normalized spacial score (nSPS) is 10.2. The number of ether oxygens (including phenoxy) is 3. The molecule has 0 unspecified atom stereocenters. The summed E-state index contributed by atoms with van der Waals surface area (Å²) < 4.78 is 16.1. The van der Waals surface area contributed by atoms with Gasteiger partial charge in [0.1, 0.15) is 0 Å². The molecule has 6 heteroatoms. The van der Waals surface area contributed by atoms with E-state index in [0.717, 1.165) is 11.1 Å². The molecule has 0 fully saturated rings. The zero-order valence-electron chi connectivity index (χ0n) is 16.1. The lowest BCUT2D eigenvalue weighted by Crippen LogP contribution is -2.21. The number of anilines is 1. The third kappa shape index (κ3) is 6.02. The van der Waals surface area contributed by atoms with Crippen molar-refractivity contribution in [3.63, 3.8) is 0 Å². The number of aryl methyl sites for hydroxylation is 2. The van der Waals surface area contributed by atoms with Gasteiger partial charge >= 0.3 is 5.97 Å². The monoisotopic (exact) mass is 371 g/mol. The molecular weight excluding hydrogens is 346 g/mol. The Kier molecular flexibility index (Phi) is 7.23. The summed E-state index contributed by atoms with van der Waals surface area (Å²) in [5, 5.41) is 2.69. The molecule has 2 aromatic carbocycles. The van der Waals surface area contributed by atoms with Crippen molar-refractivity contribution in [2.24, 2.45) is 0 Å². The van der Waals surface area contributed by atoms with Gasteiger partial charge in [-0.05, 0) is 52.0 Å². The molecule has 2 aromatic rings. The van der Waals surface area contributed by atoms with E-state index < -0.39 is 11.9 Å². The number of amides is 1. The van der Waals surface area contributed by atoms with Gasteiger partial charge in [-0.15, -0.1) is 0 Å². The van der Waals surface area contributed by atoms with Crippen LogP contribution in [0, 0.1) is 13.8 Å². The predicted octanol–water partition coefficient (Wildman–Crippen LogP) is 3.90. The highest BCUT2D eigenvalue weighted by Crippen LogP contribution is 2.30. The van der Waals surface area contributed by atoms with Gasteiger partial charge in [0, 0.05) is 11.8 Å². The quantitative estimate of drug-likeness (QED) is 0.713. The predicted molar refractivity (Wildman–Crippen MR) is 104 cm³/mol. The molecule has 1 N–H and O–H groups in total. The van der Waals surface area contributed by atoms with Crippen LogP contribution in [0.3, 0.4) is 0 Å². The molecule has 0 bridgehead atoms. The molecule has 0 spiro atoms. The van der Waals surface area contributed by atoms with Crippen molar-refractivity contribution in [2.75, 3.05) is 25.1 Å². The number of carbonyl (C=O) groups excluding carboxylic acids is 2. The third-order valence-electron chi connectivity index (χ3n) is 3.62. The van der Waals surface area contributed by atoms with Crippen molar-refractivity contribution >= 4 is 17.6 Å². The second-order valence-electron chi connectivity index (χ2n) is 6.03. The Morgan fingerprint density at radius 3 is 2.15 bits per heavy atom. The van der Waals surface area contributed by atoms with Gasteiger partial charge in [-0.2, -0.15) is 0 Å². The van der Waals surface area contributed by atoms with Gasteiger partial charge in [0.2, 0.25) is 0 Å². The maximum atomic E-state index is 12.1. The maximum absolute atomic E-state index is 12.1.